The molecule has 1 radical (unpaired) electrons. The van der Waals surface area contributed by atoms with Gasteiger partial charge in [-0.05, 0) is 47.9 Å². The van der Waals surface area contributed by atoms with Crippen molar-refractivity contribution in [3.8, 4) is 23.8 Å². The van der Waals surface area contributed by atoms with E-state index in [1.807, 2.05) is 78.9 Å². The Morgan fingerprint density at radius 3 is 1.95 bits per heavy atom. The minimum Gasteiger partial charge on any atom is -0.497 e. The van der Waals surface area contributed by atoms with Gasteiger partial charge in [0.05, 0.1) is 39.9 Å². The molecule has 2 amide bonds. The van der Waals surface area contributed by atoms with Crippen LogP contribution in [0.25, 0.3) is 0 Å². The first-order chi connectivity index (χ1) is 19.9. The van der Waals surface area contributed by atoms with E-state index in [1.54, 1.807) is 14.2 Å². The minimum absolute atomic E-state index is 0.101. The summed E-state index contributed by atoms with van der Waals surface area (Å²) in [6.45, 7) is 4.79. The Balaban J connectivity index is 1.75. The summed E-state index contributed by atoms with van der Waals surface area (Å²) in [5.74, 6) is 3.32. The molecule has 0 aliphatic rings. The molecule has 3 aromatic rings. The van der Waals surface area contributed by atoms with Crippen molar-refractivity contribution in [1.29, 1.82) is 0 Å². The van der Waals surface area contributed by atoms with Crippen molar-refractivity contribution in [3.63, 3.8) is 0 Å². The Bertz CT molecular complexity index is 1220. The molecule has 0 aliphatic carbocycles. The Kier molecular flexibility index (Phi) is 12.2. The molecule has 0 saturated carbocycles. The highest BCUT2D eigenvalue weighted by Gasteiger charge is 2.38. The predicted octanol–water partition coefficient (Wildman–Crippen LogP) is 3.88. The van der Waals surface area contributed by atoms with Crippen LogP contribution in [0, 0.1) is 19.3 Å². The fourth-order valence-corrected chi connectivity index (χ4v) is 4.34. The molecule has 0 fully saturated rings. The van der Waals surface area contributed by atoms with E-state index in [2.05, 4.69) is 23.5 Å². The van der Waals surface area contributed by atoms with Crippen LogP contribution in [0.15, 0.2) is 78.9 Å². The SMILES string of the molecule is C#CCOCCC(=O)NCCC(=O)NC([CH2])COC(c1ccccc1)(c1ccc(OC)cc1)c1ccc(OC)cc1. The van der Waals surface area contributed by atoms with E-state index in [0.717, 1.165) is 28.2 Å². The lowest BCUT2D eigenvalue weighted by atomic mass is 9.80. The molecular formula is C33H37N2O6. The van der Waals surface area contributed by atoms with Crippen molar-refractivity contribution in [2.75, 3.05) is 40.6 Å². The van der Waals surface area contributed by atoms with E-state index in [0.29, 0.717) is 0 Å². The van der Waals surface area contributed by atoms with Gasteiger partial charge >= 0.3 is 0 Å². The van der Waals surface area contributed by atoms with Gasteiger partial charge in [-0.2, -0.15) is 0 Å². The molecule has 3 rings (SSSR count). The van der Waals surface area contributed by atoms with Crippen molar-refractivity contribution in [2.45, 2.75) is 24.5 Å². The third-order valence-corrected chi connectivity index (χ3v) is 6.37. The molecule has 2 N–H and O–H groups in total. The third kappa shape index (κ3) is 8.84. The number of carbonyl (C=O) groups excluding carboxylic acids is 2. The lowest BCUT2D eigenvalue weighted by Crippen LogP contribution is -2.42. The Morgan fingerprint density at radius 2 is 1.41 bits per heavy atom. The number of benzene rings is 3. The molecular weight excluding hydrogens is 520 g/mol. The molecule has 0 saturated heterocycles. The summed E-state index contributed by atoms with van der Waals surface area (Å²) in [7, 11) is 3.24. The lowest BCUT2D eigenvalue weighted by molar-refractivity contribution is -0.123. The van der Waals surface area contributed by atoms with Gasteiger partial charge in [-0.15, -0.1) is 6.42 Å². The summed E-state index contributed by atoms with van der Waals surface area (Å²) in [4.78, 5) is 24.5. The predicted molar refractivity (Wildman–Crippen MR) is 157 cm³/mol. The van der Waals surface area contributed by atoms with Gasteiger partial charge in [0.2, 0.25) is 11.8 Å². The van der Waals surface area contributed by atoms with Crippen LogP contribution in [0.2, 0.25) is 0 Å². The zero-order valence-corrected chi connectivity index (χ0v) is 23.6. The van der Waals surface area contributed by atoms with Gasteiger partial charge in [-0.25, -0.2) is 0 Å². The highest BCUT2D eigenvalue weighted by molar-refractivity contribution is 5.79. The second-order valence-electron chi connectivity index (χ2n) is 9.19. The van der Waals surface area contributed by atoms with Gasteiger partial charge in [0.25, 0.3) is 0 Å². The monoisotopic (exact) mass is 557 g/mol. The number of hydrogen-bond donors (Lipinski definition) is 2. The van der Waals surface area contributed by atoms with Crippen molar-refractivity contribution < 1.29 is 28.5 Å². The highest BCUT2D eigenvalue weighted by atomic mass is 16.5. The minimum atomic E-state index is -1.02. The van der Waals surface area contributed by atoms with Crippen LogP contribution in [0.5, 0.6) is 11.5 Å². The van der Waals surface area contributed by atoms with Crippen LogP contribution < -0.4 is 20.1 Å². The molecule has 8 nitrogen and oxygen atoms in total. The Hall–Kier alpha value is -4.32. The van der Waals surface area contributed by atoms with Crippen LogP contribution >= 0.6 is 0 Å². The van der Waals surface area contributed by atoms with E-state index in [1.165, 1.54) is 0 Å². The summed E-state index contributed by atoms with van der Waals surface area (Å²) in [5, 5.41) is 5.56. The third-order valence-electron chi connectivity index (χ3n) is 6.37. The number of hydrogen-bond acceptors (Lipinski definition) is 6. The number of terminal acetylenes is 1. The lowest BCUT2D eigenvalue weighted by Gasteiger charge is -2.37. The molecule has 41 heavy (non-hydrogen) atoms. The standard InChI is InChI=1S/C33H37N2O6/c1-5-22-40-23-20-31(36)34-21-19-32(37)35-25(2)24-41-33(26-9-7-6-8-10-26,27-11-15-29(38-3)16-12-27)28-13-17-30(39-4)18-14-28/h1,6-18,25H,2,19-24H2,3-4H3,(H,34,36)(H,35,37). The molecule has 3 aromatic carbocycles. The molecule has 215 valence electrons. The summed E-state index contributed by atoms with van der Waals surface area (Å²) in [6, 6.07) is 24.7. The summed E-state index contributed by atoms with van der Waals surface area (Å²) < 4.78 is 22.6. The molecule has 0 aromatic heterocycles. The molecule has 0 heterocycles. The molecule has 0 spiro atoms. The van der Waals surface area contributed by atoms with Crippen molar-refractivity contribution in [2.24, 2.45) is 0 Å². The van der Waals surface area contributed by atoms with Gasteiger partial charge in [-0.1, -0.05) is 60.5 Å². The smallest absolute Gasteiger partial charge is 0.222 e. The van der Waals surface area contributed by atoms with Crippen molar-refractivity contribution in [1.82, 2.24) is 10.6 Å². The van der Waals surface area contributed by atoms with E-state index >= 15 is 0 Å². The van der Waals surface area contributed by atoms with E-state index in [4.69, 9.17) is 25.4 Å². The largest absolute Gasteiger partial charge is 0.497 e. The van der Waals surface area contributed by atoms with E-state index in [9.17, 15) is 9.59 Å². The maximum absolute atomic E-state index is 12.6. The zero-order valence-electron chi connectivity index (χ0n) is 23.6. The maximum atomic E-state index is 12.6. The number of nitrogens with one attached hydrogen (secondary N) is 2. The van der Waals surface area contributed by atoms with E-state index < -0.39 is 11.6 Å². The quantitative estimate of drug-likeness (QED) is 0.158. The second-order valence-corrected chi connectivity index (χ2v) is 9.19. The summed E-state index contributed by atoms with van der Waals surface area (Å²) in [5.41, 5.74) is 1.64. The van der Waals surface area contributed by atoms with Crippen molar-refractivity contribution >= 4 is 11.8 Å². The van der Waals surface area contributed by atoms with Crippen LogP contribution in [0.4, 0.5) is 0 Å². The first kappa shape index (κ1) is 31.2. The first-order valence-electron chi connectivity index (χ1n) is 13.3. The van der Waals surface area contributed by atoms with E-state index in [-0.39, 0.29) is 51.0 Å². The Labute approximate surface area is 242 Å². The molecule has 0 aliphatic heterocycles. The first-order valence-corrected chi connectivity index (χ1v) is 13.3. The molecule has 1 unspecified atom stereocenters. The fourth-order valence-electron chi connectivity index (χ4n) is 4.34. The summed E-state index contributed by atoms with van der Waals surface area (Å²) >= 11 is 0. The molecule has 8 heteroatoms. The van der Waals surface area contributed by atoms with Crippen molar-refractivity contribution in [3.05, 3.63) is 102 Å². The molecule has 0 bridgehead atoms. The highest BCUT2D eigenvalue weighted by Crippen LogP contribution is 2.41. The van der Waals surface area contributed by atoms with Crippen LogP contribution in [-0.2, 0) is 24.7 Å². The number of methoxy groups -OCH3 is 2. The summed E-state index contributed by atoms with van der Waals surface area (Å²) in [6.07, 6.45) is 5.39. The number of ether oxygens (including phenoxy) is 4. The van der Waals surface area contributed by atoms with Gasteiger partial charge in [0.15, 0.2) is 0 Å². The Morgan fingerprint density at radius 1 is 0.854 bits per heavy atom. The zero-order chi connectivity index (χ0) is 29.5. The average molecular weight is 558 g/mol. The van der Waals surface area contributed by atoms with Gasteiger partial charge in [-0.3, -0.25) is 9.59 Å². The normalized spacial score (nSPS) is 11.7. The maximum Gasteiger partial charge on any atom is 0.222 e. The fraction of sp³-hybridized carbons (Fsp3) is 0.303. The molecule has 1 atom stereocenters. The topological polar surface area (TPSA) is 95.1 Å². The second kappa shape index (κ2) is 16.1. The number of carbonyl (C=O) groups is 2. The van der Waals surface area contributed by atoms with Gasteiger partial charge in [0.1, 0.15) is 23.7 Å². The van der Waals surface area contributed by atoms with Crippen LogP contribution in [0.3, 0.4) is 0 Å². The van der Waals surface area contributed by atoms with Crippen LogP contribution in [0.1, 0.15) is 29.5 Å². The van der Waals surface area contributed by atoms with Gasteiger partial charge < -0.3 is 29.6 Å². The van der Waals surface area contributed by atoms with Crippen LogP contribution in [-0.4, -0.2) is 58.4 Å². The number of rotatable bonds is 16. The van der Waals surface area contributed by atoms with Gasteiger partial charge in [0, 0.05) is 13.0 Å². The number of amides is 2. The average Bonchev–Trinajstić information content (AvgIpc) is 3.00.